The highest BCUT2D eigenvalue weighted by Gasteiger charge is 2.22. The molecule has 4 aromatic rings. The van der Waals surface area contributed by atoms with E-state index in [4.69, 9.17) is 22.1 Å². The summed E-state index contributed by atoms with van der Waals surface area (Å²) in [5.74, 6) is 0.165. The van der Waals surface area contributed by atoms with Gasteiger partial charge in [0.1, 0.15) is 12.4 Å². The minimum atomic E-state index is -0.550. The fraction of sp³-hybridized carbons (Fsp3) is 0.100. The van der Waals surface area contributed by atoms with Gasteiger partial charge in [-0.15, -0.1) is 5.10 Å². The lowest BCUT2D eigenvalue weighted by atomic mass is 10.2. The van der Waals surface area contributed by atoms with Crippen LogP contribution >= 0.6 is 11.6 Å². The molecule has 12 heteroatoms. The predicted molar refractivity (Wildman–Crippen MR) is 116 cm³/mol. The zero-order chi connectivity index (χ0) is 22.5. The van der Waals surface area contributed by atoms with Crippen LogP contribution in [-0.4, -0.2) is 37.4 Å². The first kappa shape index (κ1) is 21.0. The quantitative estimate of drug-likeness (QED) is 0.321. The number of halogens is 1. The lowest BCUT2D eigenvalue weighted by molar-refractivity contribution is 0.0946. The van der Waals surface area contributed by atoms with Crippen LogP contribution in [0.15, 0.2) is 58.3 Å². The number of hydrazone groups is 1. The number of amides is 1. The maximum Gasteiger partial charge on any atom is 0.292 e. The maximum atomic E-state index is 12.6. The second-order valence-electron chi connectivity index (χ2n) is 6.56. The van der Waals surface area contributed by atoms with E-state index < -0.39 is 5.91 Å². The number of benzene rings is 2. The Balaban J connectivity index is 1.37. The van der Waals surface area contributed by atoms with Crippen molar-refractivity contribution in [2.45, 2.75) is 13.5 Å². The molecule has 0 spiro atoms. The van der Waals surface area contributed by atoms with Crippen molar-refractivity contribution in [1.82, 2.24) is 30.7 Å². The van der Waals surface area contributed by atoms with E-state index in [1.54, 1.807) is 31.2 Å². The van der Waals surface area contributed by atoms with Gasteiger partial charge < -0.3 is 10.5 Å². The number of carbonyl (C=O) groups is 1. The molecule has 0 saturated heterocycles. The van der Waals surface area contributed by atoms with E-state index in [1.165, 1.54) is 6.21 Å². The van der Waals surface area contributed by atoms with Crippen LogP contribution < -0.4 is 15.9 Å². The Morgan fingerprint density at radius 1 is 1.25 bits per heavy atom. The maximum absolute atomic E-state index is 12.6. The third-order valence-corrected chi connectivity index (χ3v) is 4.73. The average molecular weight is 453 g/mol. The van der Waals surface area contributed by atoms with Gasteiger partial charge in [-0.2, -0.15) is 9.78 Å². The number of nitrogen functional groups attached to an aromatic ring is 1. The number of nitrogens with two attached hydrogens (primary N) is 1. The molecular formula is C20H17ClN8O3. The zero-order valence-corrected chi connectivity index (χ0v) is 17.5. The molecule has 2 aromatic heterocycles. The number of nitrogens with one attached hydrogen (secondary N) is 1. The Hall–Kier alpha value is -4.25. The van der Waals surface area contributed by atoms with Gasteiger partial charge in [-0.3, -0.25) is 4.79 Å². The minimum Gasteiger partial charge on any atom is -0.489 e. The fourth-order valence-electron chi connectivity index (χ4n) is 2.75. The normalized spacial score (nSPS) is 11.1. The summed E-state index contributed by atoms with van der Waals surface area (Å²) in [5, 5.41) is 19.4. The van der Waals surface area contributed by atoms with Crippen molar-refractivity contribution in [2.24, 2.45) is 5.10 Å². The number of carbonyl (C=O) groups excluding carboxylic acids is 1. The Morgan fingerprint density at radius 2 is 2.03 bits per heavy atom. The first-order valence-electron chi connectivity index (χ1n) is 9.33. The Morgan fingerprint density at radius 3 is 2.75 bits per heavy atom. The summed E-state index contributed by atoms with van der Waals surface area (Å²) in [5.41, 5.74) is 10.2. The highest BCUT2D eigenvalue weighted by molar-refractivity contribution is 6.31. The molecule has 0 aliphatic rings. The topological polar surface area (TPSA) is 146 Å². The highest BCUT2D eigenvalue weighted by Crippen LogP contribution is 2.19. The lowest BCUT2D eigenvalue weighted by Crippen LogP contribution is -2.22. The molecule has 11 nitrogen and oxygen atoms in total. The molecule has 2 heterocycles. The van der Waals surface area contributed by atoms with Crippen LogP contribution in [0.2, 0.25) is 5.02 Å². The van der Waals surface area contributed by atoms with E-state index in [2.05, 4.69) is 35.8 Å². The minimum absolute atomic E-state index is 0.0238. The van der Waals surface area contributed by atoms with Crippen molar-refractivity contribution >= 4 is 29.5 Å². The third-order valence-electron chi connectivity index (χ3n) is 4.36. The highest BCUT2D eigenvalue weighted by atomic mass is 35.5. The van der Waals surface area contributed by atoms with Crippen molar-refractivity contribution in [2.75, 3.05) is 5.73 Å². The SMILES string of the molecule is Cc1nnn(-c2nonc2N)c1C(=O)N/N=C\c1ccc(OCc2ccccc2Cl)cc1. The van der Waals surface area contributed by atoms with Gasteiger partial charge in [-0.05, 0) is 53.1 Å². The summed E-state index contributed by atoms with van der Waals surface area (Å²) in [7, 11) is 0. The fourth-order valence-corrected chi connectivity index (χ4v) is 2.94. The third kappa shape index (κ3) is 4.57. The number of hydrogen-bond donors (Lipinski definition) is 2. The smallest absolute Gasteiger partial charge is 0.292 e. The molecule has 0 saturated carbocycles. The standard InChI is InChI=1S/C20H17ClN8O3/c1-12-17(29(28-24-12)19-18(22)26-32-27-19)20(30)25-23-10-13-6-8-15(9-7-13)31-11-14-4-2-3-5-16(14)21/h2-10H,11H2,1H3,(H2,22,26)(H,25,30)/b23-10-. The van der Waals surface area contributed by atoms with E-state index in [0.29, 0.717) is 23.1 Å². The van der Waals surface area contributed by atoms with Crippen LogP contribution in [0.4, 0.5) is 5.82 Å². The molecular weight excluding hydrogens is 436 g/mol. The Bertz CT molecular complexity index is 1270. The van der Waals surface area contributed by atoms with E-state index >= 15 is 0 Å². The number of aryl methyl sites for hydroxylation is 1. The van der Waals surface area contributed by atoms with Gasteiger partial charge in [0, 0.05) is 10.6 Å². The van der Waals surface area contributed by atoms with Crippen LogP contribution in [-0.2, 0) is 6.61 Å². The van der Waals surface area contributed by atoms with Gasteiger partial charge in [-0.25, -0.2) is 10.1 Å². The molecule has 0 atom stereocenters. The average Bonchev–Trinajstić information content (AvgIpc) is 3.39. The summed E-state index contributed by atoms with van der Waals surface area (Å²) in [4.78, 5) is 12.6. The molecule has 162 valence electrons. The molecule has 0 fully saturated rings. The number of hydrogen-bond acceptors (Lipinski definition) is 9. The van der Waals surface area contributed by atoms with Crippen molar-refractivity contribution < 1.29 is 14.2 Å². The summed E-state index contributed by atoms with van der Waals surface area (Å²) >= 11 is 6.13. The summed E-state index contributed by atoms with van der Waals surface area (Å²) in [6.07, 6.45) is 1.49. The largest absolute Gasteiger partial charge is 0.489 e. The molecule has 0 bridgehead atoms. The monoisotopic (exact) mass is 452 g/mol. The van der Waals surface area contributed by atoms with Crippen LogP contribution in [0, 0.1) is 6.92 Å². The molecule has 2 aromatic carbocycles. The first-order valence-corrected chi connectivity index (χ1v) is 9.71. The number of anilines is 1. The van der Waals surface area contributed by atoms with Gasteiger partial charge in [0.2, 0.25) is 11.6 Å². The van der Waals surface area contributed by atoms with Crippen LogP contribution in [0.25, 0.3) is 5.82 Å². The first-order chi connectivity index (χ1) is 15.5. The number of aromatic nitrogens is 5. The lowest BCUT2D eigenvalue weighted by Gasteiger charge is -2.07. The van der Waals surface area contributed by atoms with Gasteiger partial charge in [0.05, 0.1) is 11.9 Å². The summed E-state index contributed by atoms with van der Waals surface area (Å²) in [6, 6.07) is 14.7. The molecule has 0 unspecified atom stereocenters. The van der Waals surface area contributed by atoms with E-state index in [-0.39, 0.29) is 17.3 Å². The van der Waals surface area contributed by atoms with E-state index in [9.17, 15) is 4.79 Å². The second kappa shape index (κ2) is 9.27. The van der Waals surface area contributed by atoms with Gasteiger partial charge in [0.15, 0.2) is 5.69 Å². The van der Waals surface area contributed by atoms with Crippen LogP contribution in [0.1, 0.15) is 27.3 Å². The summed E-state index contributed by atoms with van der Waals surface area (Å²) in [6.45, 7) is 1.98. The second-order valence-corrected chi connectivity index (χ2v) is 6.96. The van der Waals surface area contributed by atoms with Crippen molar-refractivity contribution in [3.63, 3.8) is 0 Å². The van der Waals surface area contributed by atoms with Crippen LogP contribution in [0.3, 0.4) is 0 Å². The number of nitrogens with zero attached hydrogens (tertiary/aromatic N) is 6. The molecule has 0 radical (unpaired) electrons. The molecule has 1 amide bonds. The van der Waals surface area contributed by atoms with E-state index in [1.807, 2.05) is 24.3 Å². The molecule has 32 heavy (non-hydrogen) atoms. The number of rotatable bonds is 7. The number of ether oxygens (including phenoxy) is 1. The Kier molecular flexibility index (Phi) is 6.08. The van der Waals surface area contributed by atoms with Gasteiger partial charge in [0.25, 0.3) is 5.91 Å². The van der Waals surface area contributed by atoms with Crippen molar-refractivity contribution in [3.8, 4) is 11.6 Å². The van der Waals surface area contributed by atoms with E-state index in [0.717, 1.165) is 15.8 Å². The molecule has 0 aliphatic heterocycles. The zero-order valence-electron chi connectivity index (χ0n) is 16.8. The van der Waals surface area contributed by atoms with Crippen molar-refractivity contribution in [3.05, 3.63) is 76.1 Å². The van der Waals surface area contributed by atoms with Gasteiger partial charge in [-0.1, -0.05) is 35.0 Å². The molecule has 0 aliphatic carbocycles. The van der Waals surface area contributed by atoms with Crippen LogP contribution in [0.5, 0.6) is 5.75 Å². The molecule has 3 N–H and O–H groups in total. The van der Waals surface area contributed by atoms with Gasteiger partial charge >= 0.3 is 0 Å². The van der Waals surface area contributed by atoms with Crippen molar-refractivity contribution in [1.29, 1.82) is 0 Å². The molecule has 4 rings (SSSR count). The predicted octanol–water partition coefficient (Wildman–Crippen LogP) is 2.54. The summed E-state index contributed by atoms with van der Waals surface area (Å²) < 4.78 is 11.4. The Labute approximate surface area is 186 Å².